The van der Waals surface area contributed by atoms with Crippen molar-refractivity contribution in [2.24, 2.45) is 0 Å². The average Bonchev–Trinajstić information content (AvgIpc) is 3.11. The van der Waals surface area contributed by atoms with Crippen LogP contribution in [-0.4, -0.2) is 44.8 Å². The van der Waals surface area contributed by atoms with Crippen LogP contribution < -0.4 is 5.32 Å². The number of piperidine rings is 1. The number of nitrogens with one attached hydrogen (secondary N) is 1. The standard InChI is InChI=1S/C20H22N4O2/c25-17-4-3-11-23(13-17)20(26)21-12-15-7-9-16(10-8-15)24-14-22-18-5-1-2-6-19(18)24/h1-2,5-10,14,17,25H,3-4,11-13H2,(H,21,26)/t17-/m1/s1. The van der Waals surface area contributed by atoms with E-state index in [1.807, 2.05) is 59.4 Å². The van der Waals surface area contributed by atoms with E-state index in [4.69, 9.17) is 0 Å². The maximum atomic E-state index is 12.2. The van der Waals surface area contributed by atoms with Crippen molar-refractivity contribution in [3.63, 3.8) is 0 Å². The Morgan fingerprint density at radius 1 is 1.19 bits per heavy atom. The molecule has 0 saturated carbocycles. The highest BCUT2D eigenvalue weighted by Gasteiger charge is 2.21. The monoisotopic (exact) mass is 350 g/mol. The van der Waals surface area contributed by atoms with E-state index in [-0.39, 0.29) is 6.03 Å². The molecule has 0 aliphatic carbocycles. The number of benzene rings is 2. The number of urea groups is 1. The van der Waals surface area contributed by atoms with Crippen LogP contribution in [0.1, 0.15) is 18.4 Å². The van der Waals surface area contributed by atoms with Crippen LogP contribution in [0.25, 0.3) is 16.7 Å². The van der Waals surface area contributed by atoms with E-state index >= 15 is 0 Å². The molecule has 1 fully saturated rings. The number of amides is 2. The largest absolute Gasteiger partial charge is 0.391 e. The first-order valence-corrected chi connectivity index (χ1v) is 8.93. The Kier molecular flexibility index (Phi) is 4.58. The third-order valence-electron chi connectivity index (χ3n) is 4.80. The molecule has 0 bridgehead atoms. The Labute approximate surface area is 152 Å². The number of nitrogens with zero attached hydrogens (tertiary/aromatic N) is 3. The summed E-state index contributed by atoms with van der Waals surface area (Å²) in [7, 11) is 0. The molecule has 0 radical (unpaired) electrons. The molecule has 134 valence electrons. The van der Waals surface area contributed by atoms with Gasteiger partial charge >= 0.3 is 6.03 Å². The summed E-state index contributed by atoms with van der Waals surface area (Å²) in [6, 6.07) is 16.0. The van der Waals surface area contributed by atoms with Gasteiger partial charge in [-0.25, -0.2) is 9.78 Å². The number of aliphatic hydroxyl groups is 1. The van der Waals surface area contributed by atoms with Crippen molar-refractivity contribution in [2.75, 3.05) is 13.1 Å². The lowest BCUT2D eigenvalue weighted by atomic mass is 10.1. The van der Waals surface area contributed by atoms with Crippen LogP contribution in [-0.2, 0) is 6.54 Å². The minimum absolute atomic E-state index is 0.117. The van der Waals surface area contributed by atoms with Crippen molar-refractivity contribution in [1.29, 1.82) is 0 Å². The molecule has 6 heteroatoms. The van der Waals surface area contributed by atoms with Crippen molar-refractivity contribution in [1.82, 2.24) is 19.8 Å². The van der Waals surface area contributed by atoms with Gasteiger partial charge < -0.3 is 15.3 Å². The second kappa shape index (κ2) is 7.17. The molecule has 2 aromatic carbocycles. The van der Waals surface area contributed by atoms with E-state index in [1.54, 1.807) is 4.90 Å². The third-order valence-corrected chi connectivity index (χ3v) is 4.80. The average molecular weight is 350 g/mol. The minimum Gasteiger partial charge on any atom is -0.391 e. The predicted molar refractivity (Wildman–Crippen MR) is 100 cm³/mol. The molecule has 6 nitrogen and oxygen atoms in total. The number of carbonyl (C=O) groups excluding carboxylic acids is 1. The lowest BCUT2D eigenvalue weighted by molar-refractivity contribution is 0.0842. The van der Waals surface area contributed by atoms with Gasteiger partial charge in [-0.05, 0) is 42.7 Å². The normalized spacial score (nSPS) is 17.4. The summed E-state index contributed by atoms with van der Waals surface area (Å²) in [5, 5.41) is 12.6. The number of rotatable bonds is 3. The molecule has 1 saturated heterocycles. The first-order valence-electron chi connectivity index (χ1n) is 8.93. The van der Waals surface area contributed by atoms with E-state index in [0.29, 0.717) is 19.6 Å². The molecule has 1 aliphatic heterocycles. The van der Waals surface area contributed by atoms with Crippen LogP contribution in [0.4, 0.5) is 4.79 Å². The van der Waals surface area contributed by atoms with Gasteiger partial charge in [0.2, 0.25) is 0 Å². The molecule has 0 unspecified atom stereocenters. The summed E-state index contributed by atoms with van der Waals surface area (Å²) in [4.78, 5) is 18.3. The van der Waals surface area contributed by atoms with Gasteiger partial charge in [-0.3, -0.25) is 4.57 Å². The number of para-hydroxylation sites is 2. The summed E-state index contributed by atoms with van der Waals surface area (Å²) < 4.78 is 2.05. The number of hydrogen-bond acceptors (Lipinski definition) is 3. The van der Waals surface area contributed by atoms with Crippen LogP contribution in [0.2, 0.25) is 0 Å². The van der Waals surface area contributed by atoms with Gasteiger partial charge in [0, 0.05) is 25.3 Å². The van der Waals surface area contributed by atoms with Crippen molar-refractivity contribution in [2.45, 2.75) is 25.5 Å². The van der Waals surface area contributed by atoms with Crippen molar-refractivity contribution in [3.8, 4) is 5.69 Å². The molecule has 1 aliphatic rings. The molecule has 0 spiro atoms. The molecule has 2 N–H and O–H groups in total. The van der Waals surface area contributed by atoms with Crippen LogP contribution in [0.5, 0.6) is 0 Å². The number of β-amino-alcohol motifs (C(OH)–C–C–N with tert-alkyl or cyclic N) is 1. The first-order chi connectivity index (χ1) is 12.7. The van der Waals surface area contributed by atoms with E-state index in [2.05, 4.69) is 10.3 Å². The van der Waals surface area contributed by atoms with Crippen LogP contribution in [0.15, 0.2) is 54.9 Å². The quantitative estimate of drug-likeness (QED) is 0.763. The van der Waals surface area contributed by atoms with Crippen LogP contribution >= 0.6 is 0 Å². The minimum atomic E-state index is -0.404. The van der Waals surface area contributed by atoms with Gasteiger partial charge in [-0.1, -0.05) is 24.3 Å². The SMILES string of the molecule is O=C(NCc1ccc(-n2cnc3ccccc32)cc1)N1CCC[C@@H](O)C1. The number of aromatic nitrogens is 2. The molecule has 26 heavy (non-hydrogen) atoms. The zero-order valence-corrected chi connectivity index (χ0v) is 14.5. The number of fused-ring (bicyclic) bond motifs is 1. The second-order valence-electron chi connectivity index (χ2n) is 6.67. The van der Waals surface area contributed by atoms with E-state index < -0.39 is 6.10 Å². The Morgan fingerprint density at radius 3 is 2.81 bits per heavy atom. The maximum absolute atomic E-state index is 12.2. The Hall–Kier alpha value is -2.86. The number of carbonyl (C=O) groups is 1. The zero-order chi connectivity index (χ0) is 17.9. The Balaban J connectivity index is 1.41. The molecule has 3 aromatic rings. The molecule has 2 heterocycles. The Bertz CT molecular complexity index is 904. The topological polar surface area (TPSA) is 70.4 Å². The highest BCUT2D eigenvalue weighted by molar-refractivity contribution is 5.77. The summed E-state index contributed by atoms with van der Waals surface area (Å²) >= 11 is 0. The fourth-order valence-electron chi connectivity index (χ4n) is 3.37. The lowest BCUT2D eigenvalue weighted by Gasteiger charge is -2.30. The molecule has 1 aromatic heterocycles. The van der Waals surface area contributed by atoms with Gasteiger partial charge in [0.1, 0.15) is 6.33 Å². The van der Waals surface area contributed by atoms with Gasteiger partial charge in [0.05, 0.1) is 17.1 Å². The van der Waals surface area contributed by atoms with Crippen LogP contribution in [0.3, 0.4) is 0 Å². The number of aliphatic hydroxyl groups excluding tert-OH is 1. The van der Waals surface area contributed by atoms with Gasteiger partial charge in [-0.2, -0.15) is 0 Å². The van der Waals surface area contributed by atoms with Crippen LogP contribution in [0, 0.1) is 0 Å². The molecular formula is C20H22N4O2. The summed E-state index contributed by atoms with van der Waals surface area (Å²) in [6.07, 6.45) is 3.04. The first kappa shape index (κ1) is 16.6. The zero-order valence-electron chi connectivity index (χ0n) is 14.5. The van der Waals surface area contributed by atoms with Gasteiger partial charge in [0.15, 0.2) is 0 Å². The number of imidazole rings is 1. The fourth-order valence-corrected chi connectivity index (χ4v) is 3.37. The van der Waals surface area contributed by atoms with Gasteiger partial charge in [-0.15, -0.1) is 0 Å². The molecule has 2 amide bonds. The highest BCUT2D eigenvalue weighted by atomic mass is 16.3. The summed E-state index contributed by atoms with van der Waals surface area (Å²) in [6.45, 7) is 1.59. The predicted octanol–water partition coefficient (Wildman–Crippen LogP) is 2.69. The lowest BCUT2D eigenvalue weighted by Crippen LogP contribution is -2.46. The maximum Gasteiger partial charge on any atom is 0.317 e. The van der Waals surface area contributed by atoms with Gasteiger partial charge in [0.25, 0.3) is 0 Å². The second-order valence-corrected chi connectivity index (χ2v) is 6.67. The van der Waals surface area contributed by atoms with Crippen molar-refractivity contribution in [3.05, 3.63) is 60.4 Å². The van der Waals surface area contributed by atoms with E-state index in [0.717, 1.165) is 35.1 Å². The smallest absolute Gasteiger partial charge is 0.317 e. The number of likely N-dealkylation sites (tertiary alicyclic amines) is 1. The highest BCUT2D eigenvalue weighted by Crippen LogP contribution is 2.18. The molecule has 4 rings (SSSR count). The van der Waals surface area contributed by atoms with E-state index in [1.165, 1.54) is 0 Å². The molecule has 1 atom stereocenters. The Morgan fingerprint density at radius 2 is 2.00 bits per heavy atom. The number of hydrogen-bond donors (Lipinski definition) is 2. The summed E-state index contributed by atoms with van der Waals surface area (Å²) in [5.41, 5.74) is 4.10. The van der Waals surface area contributed by atoms with Crippen molar-refractivity contribution < 1.29 is 9.90 Å². The van der Waals surface area contributed by atoms with Crippen molar-refractivity contribution >= 4 is 17.1 Å². The molecular weight excluding hydrogens is 328 g/mol. The summed E-state index contributed by atoms with van der Waals surface area (Å²) in [5.74, 6) is 0. The third kappa shape index (κ3) is 3.41. The fraction of sp³-hybridized carbons (Fsp3) is 0.300. The van der Waals surface area contributed by atoms with E-state index in [9.17, 15) is 9.90 Å².